The molecule has 0 atom stereocenters. The molecule has 248 valence electrons. The molecule has 0 unspecified atom stereocenters. The van der Waals surface area contributed by atoms with Gasteiger partial charge in [-0.15, -0.1) is 0 Å². The van der Waals surface area contributed by atoms with Gasteiger partial charge >= 0.3 is 0 Å². The van der Waals surface area contributed by atoms with E-state index in [9.17, 15) is 0 Å². The van der Waals surface area contributed by atoms with Gasteiger partial charge in [0.2, 0.25) is 0 Å². The number of ether oxygens (including phenoxy) is 4. The third-order valence-electron chi connectivity index (χ3n) is 9.01. The molecular formula is C36H60O6Si2. The van der Waals surface area contributed by atoms with E-state index in [0.29, 0.717) is 44.7 Å². The molecule has 0 saturated heterocycles. The van der Waals surface area contributed by atoms with Crippen LogP contribution in [-0.2, 0) is 9.47 Å². The molecule has 0 aliphatic carbocycles. The lowest BCUT2D eigenvalue weighted by molar-refractivity contribution is 0.0460. The molecule has 0 spiro atoms. The Bertz CT molecular complexity index is 1120. The standard InChI is InChI=1S/C36H60O6Si2/c1-25(2)43(26(3)4,27(5)6)41-35-18-17-31(21-36(35)42-44(28(7)8,29(9)10)30(11)12)15-16-32-19-33(39-23-37-13)22-34(20-32)40-24-38-14/h15-22,25-30H,23-24H2,1-14H3/b16-15+. The average molecular weight is 645 g/mol. The Balaban J connectivity index is 2.69. The molecule has 0 heterocycles. The molecule has 0 aliphatic heterocycles. The van der Waals surface area contributed by atoms with Crippen LogP contribution >= 0.6 is 0 Å². The minimum Gasteiger partial charge on any atom is -0.540 e. The second kappa shape index (κ2) is 16.9. The van der Waals surface area contributed by atoms with Gasteiger partial charge in [-0.3, -0.25) is 0 Å². The Labute approximate surface area is 270 Å². The van der Waals surface area contributed by atoms with Gasteiger partial charge in [-0.25, -0.2) is 0 Å². The number of rotatable bonds is 18. The quantitative estimate of drug-likeness (QED) is 0.0914. The van der Waals surface area contributed by atoms with Crippen LogP contribution in [0.3, 0.4) is 0 Å². The number of benzene rings is 2. The lowest BCUT2D eigenvalue weighted by atomic mass is 10.1. The molecule has 0 fully saturated rings. The van der Waals surface area contributed by atoms with E-state index in [1.165, 1.54) is 0 Å². The third kappa shape index (κ3) is 8.92. The summed E-state index contributed by atoms with van der Waals surface area (Å²) < 4.78 is 36.3. The molecule has 0 amide bonds. The van der Waals surface area contributed by atoms with Crippen molar-refractivity contribution in [1.29, 1.82) is 0 Å². The third-order valence-corrected chi connectivity index (χ3v) is 21.0. The molecule has 0 aliphatic rings. The van der Waals surface area contributed by atoms with Gasteiger partial charge in [0, 0.05) is 20.3 Å². The minimum atomic E-state index is -2.25. The summed E-state index contributed by atoms with van der Waals surface area (Å²) in [6.45, 7) is 28.2. The van der Waals surface area contributed by atoms with E-state index in [-0.39, 0.29) is 13.6 Å². The van der Waals surface area contributed by atoms with Crippen molar-refractivity contribution in [2.75, 3.05) is 27.8 Å². The van der Waals surface area contributed by atoms with E-state index < -0.39 is 16.6 Å². The van der Waals surface area contributed by atoms with E-state index in [1.54, 1.807) is 14.2 Å². The zero-order chi connectivity index (χ0) is 33.2. The Morgan fingerprint density at radius 1 is 0.500 bits per heavy atom. The summed E-state index contributed by atoms with van der Waals surface area (Å²) in [7, 11) is -1.26. The molecule has 0 radical (unpaired) electrons. The summed E-state index contributed by atoms with van der Waals surface area (Å²) in [5, 5.41) is 0. The predicted octanol–water partition coefficient (Wildman–Crippen LogP) is 10.9. The highest BCUT2D eigenvalue weighted by Gasteiger charge is 2.49. The molecule has 2 rings (SSSR count). The first kappa shape index (κ1) is 37.9. The molecule has 6 nitrogen and oxygen atoms in total. The number of hydrogen-bond acceptors (Lipinski definition) is 6. The van der Waals surface area contributed by atoms with Gasteiger partial charge in [-0.1, -0.05) is 101 Å². The molecule has 8 heteroatoms. The maximum atomic E-state index is 7.36. The van der Waals surface area contributed by atoms with Crippen molar-refractivity contribution in [1.82, 2.24) is 0 Å². The van der Waals surface area contributed by atoms with Gasteiger partial charge in [-0.05, 0) is 68.6 Å². The van der Waals surface area contributed by atoms with Crippen LogP contribution in [0.15, 0.2) is 36.4 Å². The van der Waals surface area contributed by atoms with Gasteiger partial charge in [0.25, 0.3) is 16.6 Å². The predicted molar refractivity (Wildman–Crippen MR) is 190 cm³/mol. The second-order valence-electron chi connectivity index (χ2n) is 13.7. The topological polar surface area (TPSA) is 55.4 Å². The number of methoxy groups -OCH3 is 2. The van der Waals surface area contributed by atoms with Crippen LogP contribution in [0, 0.1) is 0 Å². The molecule has 2 aromatic carbocycles. The van der Waals surface area contributed by atoms with E-state index in [2.05, 4.69) is 113 Å². The average Bonchev–Trinajstić information content (AvgIpc) is 2.94. The van der Waals surface area contributed by atoms with Crippen molar-refractivity contribution >= 4 is 28.8 Å². The normalized spacial score (nSPS) is 12.9. The highest BCUT2D eigenvalue weighted by molar-refractivity contribution is 6.79. The molecule has 2 aromatic rings. The molecule has 0 N–H and O–H groups in total. The SMILES string of the molecule is COCOc1cc(/C=C/c2ccc(O[Si](C(C)C)(C(C)C)C(C)C)c(O[Si](C(C)C)(C(C)C)C(C)C)c2)cc(OCOC)c1. The second-order valence-corrected chi connectivity index (χ2v) is 24.5. The van der Waals surface area contributed by atoms with Crippen LogP contribution in [0.4, 0.5) is 0 Å². The van der Waals surface area contributed by atoms with Gasteiger partial charge in [0.1, 0.15) is 23.0 Å². The van der Waals surface area contributed by atoms with Crippen molar-refractivity contribution in [3.8, 4) is 23.0 Å². The molecule has 44 heavy (non-hydrogen) atoms. The highest BCUT2D eigenvalue weighted by atomic mass is 28.4. The van der Waals surface area contributed by atoms with Crippen molar-refractivity contribution in [2.45, 2.75) is 116 Å². The smallest absolute Gasteiger partial charge is 0.258 e. The summed E-state index contributed by atoms with van der Waals surface area (Å²) in [6, 6.07) is 12.2. The maximum absolute atomic E-state index is 7.36. The largest absolute Gasteiger partial charge is 0.540 e. The van der Waals surface area contributed by atoms with Crippen LogP contribution in [0.25, 0.3) is 12.2 Å². The lowest BCUT2D eigenvalue weighted by Gasteiger charge is -2.45. The first-order valence-electron chi connectivity index (χ1n) is 16.2. The fourth-order valence-corrected chi connectivity index (χ4v) is 17.7. The van der Waals surface area contributed by atoms with Crippen LogP contribution < -0.4 is 18.3 Å². The Morgan fingerprint density at radius 3 is 1.27 bits per heavy atom. The fourth-order valence-electron chi connectivity index (χ4n) is 7.18. The Kier molecular flexibility index (Phi) is 14.5. The zero-order valence-corrected chi connectivity index (χ0v) is 31.9. The minimum absolute atomic E-state index is 0.153. The molecule has 0 bridgehead atoms. The summed E-state index contributed by atoms with van der Waals surface area (Å²) in [4.78, 5) is 0. The summed E-state index contributed by atoms with van der Waals surface area (Å²) >= 11 is 0. The highest BCUT2D eigenvalue weighted by Crippen LogP contribution is 2.48. The molecular weight excluding hydrogens is 585 g/mol. The van der Waals surface area contributed by atoms with Gasteiger partial charge in [-0.2, -0.15) is 0 Å². The van der Waals surface area contributed by atoms with Crippen molar-refractivity contribution in [2.24, 2.45) is 0 Å². The lowest BCUT2D eigenvalue weighted by Crippen LogP contribution is -2.52. The van der Waals surface area contributed by atoms with Crippen LogP contribution in [0.1, 0.15) is 94.2 Å². The summed E-state index contributed by atoms with van der Waals surface area (Å²) in [6.07, 6.45) is 4.17. The van der Waals surface area contributed by atoms with E-state index >= 15 is 0 Å². The van der Waals surface area contributed by atoms with E-state index in [4.69, 9.17) is 27.8 Å². The van der Waals surface area contributed by atoms with Crippen molar-refractivity contribution < 1.29 is 27.8 Å². The molecule has 0 aromatic heterocycles. The van der Waals surface area contributed by atoms with Crippen molar-refractivity contribution in [3.63, 3.8) is 0 Å². The van der Waals surface area contributed by atoms with Gasteiger partial charge in [0.15, 0.2) is 13.6 Å². The fraction of sp³-hybridized carbons (Fsp3) is 0.611. The first-order chi connectivity index (χ1) is 20.6. The van der Waals surface area contributed by atoms with Crippen LogP contribution in [0.2, 0.25) is 33.2 Å². The monoisotopic (exact) mass is 644 g/mol. The van der Waals surface area contributed by atoms with Crippen molar-refractivity contribution in [3.05, 3.63) is 47.5 Å². The van der Waals surface area contributed by atoms with E-state index in [0.717, 1.165) is 22.6 Å². The maximum Gasteiger partial charge on any atom is 0.258 e. The first-order valence-corrected chi connectivity index (χ1v) is 20.5. The van der Waals surface area contributed by atoms with Gasteiger partial charge in [0.05, 0.1) is 0 Å². The van der Waals surface area contributed by atoms with E-state index in [1.807, 2.05) is 18.2 Å². The van der Waals surface area contributed by atoms with Crippen LogP contribution in [-0.4, -0.2) is 44.4 Å². The van der Waals surface area contributed by atoms with Gasteiger partial charge < -0.3 is 27.8 Å². The number of hydrogen-bond donors (Lipinski definition) is 0. The molecule has 0 saturated carbocycles. The Hall–Kier alpha value is -2.27. The summed E-state index contributed by atoms with van der Waals surface area (Å²) in [5.74, 6) is 3.07. The van der Waals surface area contributed by atoms with Crippen LogP contribution in [0.5, 0.6) is 23.0 Å². The zero-order valence-electron chi connectivity index (χ0n) is 29.9. The Morgan fingerprint density at radius 2 is 0.886 bits per heavy atom. The summed E-state index contributed by atoms with van der Waals surface area (Å²) in [5.41, 5.74) is 4.68.